The third-order valence-corrected chi connectivity index (χ3v) is 2.96. The monoisotopic (exact) mass is 274 g/mol. The van der Waals surface area contributed by atoms with E-state index in [1.54, 1.807) is 25.5 Å². The highest BCUT2D eigenvalue weighted by Gasteiger charge is 2.21. The Labute approximate surface area is 114 Å². The van der Waals surface area contributed by atoms with Gasteiger partial charge in [-0.15, -0.1) is 0 Å². The molecule has 2 aromatic heterocycles. The summed E-state index contributed by atoms with van der Waals surface area (Å²) in [7, 11) is 1.56. The van der Waals surface area contributed by atoms with Crippen molar-refractivity contribution in [2.75, 3.05) is 7.11 Å². The van der Waals surface area contributed by atoms with Crippen LogP contribution in [0.2, 0.25) is 0 Å². The van der Waals surface area contributed by atoms with Crippen molar-refractivity contribution in [2.45, 2.75) is 20.0 Å². The Morgan fingerprint density at radius 3 is 2.50 bits per heavy atom. The van der Waals surface area contributed by atoms with Gasteiger partial charge >= 0.3 is 5.63 Å². The molecule has 0 unspecified atom stereocenters. The van der Waals surface area contributed by atoms with Crippen molar-refractivity contribution in [3.05, 3.63) is 34.9 Å². The molecule has 0 saturated carbocycles. The van der Waals surface area contributed by atoms with Gasteiger partial charge in [0.1, 0.15) is 5.75 Å². The van der Waals surface area contributed by atoms with Crippen LogP contribution in [0.4, 0.5) is 0 Å². The summed E-state index contributed by atoms with van der Waals surface area (Å²) < 4.78 is 22.0. The summed E-state index contributed by atoms with van der Waals surface area (Å²) in [5.74, 6) is 1.03. The van der Waals surface area contributed by atoms with Gasteiger partial charge in [-0.2, -0.15) is 0 Å². The van der Waals surface area contributed by atoms with Crippen LogP contribution in [0.5, 0.6) is 11.5 Å². The fourth-order valence-electron chi connectivity index (χ4n) is 2.24. The van der Waals surface area contributed by atoms with Gasteiger partial charge in [0.15, 0.2) is 11.2 Å². The van der Waals surface area contributed by atoms with Crippen molar-refractivity contribution in [2.24, 2.45) is 0 Å². The van der Waals surface area contributed by atoms with Crippen LogP contribution in [0, 0.1) is 0 Å². The minimum absolute atomic E-state index is 0.0783. The minimum atomic E-state index is -0.445. The lowest BCUT2D eigenvalue weighted by molar-refractivity contribution is 0.241. The first-order chi connectivity index (χ1) is 9.61. The highest BCUT2D eigenvalue weighted by atomic mass is 16.5. The first kappa shape index (κ1) is 12.6. The largest absolute Gasteiger partial charge is 0.495 e. The minimum Gasteiger partial charge on any atom is -0.495 e. The molecule has 0 atom stereocenters. The van der Waals surface area contributed by atoms with Gasteiger partial charge in [-0.25, -0.2) is 4.79 Å². The number of benzene rings is 1. The number of hydrogen-bond acceptors (Lipinski definition) is 5. The number of rotatable bonds is 3. The summed E-state index contributed by atoms with van der Waals surface area (Å²) in [5.41, 5.74) is 0.405. The number of furan rings is 1. The topological polar surface area (TPSA) is 61.8 Å². The third kappa shape index (κ3) is 1.82. The maximum Gasteiger partial charge on any atom is 0.336 e. The maximum atomic E-state index is 11.5. The molecule has 1 aromatic carbocycles. The molecule has 0 bridgehead atoms. The van der Waals surface area contributed by atoms with Crippen LogP contribution in [-0.2, 0) is 0 Å². The summed E-state index contributed by atoms with van der Waals surface area (Å²) in [5, 5.41) is 1.46. The van der Waals surface area contributed by atoms with E-state index >= 15 is 0 Å². The Morgan fingerprint density at radius 1 is 1.05 bits per heavy atom. The van der Waals surface area contributed by atoms with Crippen molar-refractivity contribution in [3.63, 3.8) is 0 Å². The molecule has 0 fully saturated rings. The van der Waals surface area contributed by atoms with Gasteiger partial charge in [0.25, 0.3) is 0 Å². The molecule has 20 heavy (non-hydrogen) atoms. The Kier molecular flexibility index (Phi) is 2.89. The summed E-state index contributed by atoms with van der Waals surface area (Å²) in [6.07, 6.45) is 1.47. The zero-order valence-corrected chi connectivity index (χ0v) is 11.4. The van der Waals surface area contributed by atoms with Crippen molar-refractivity contribution in [3.8, 4) is 11.5 Å². The predicted molar refractivity (Wildman–Crippen MR) is 74.6 cm³/mol. The molecular formula is C15H14O5. The lowest BCUT2D eigenvalue weighted by Crippen LogP contribution is -2.07. The van der Waals surface area contributed by atoms with E-state index < -0.39 is 5.63 Å². The molecule has 5 heteroatoms. The number of ether oxygens (including phenoxy) is 2. The molecule has 0 aliphatic rings. The molecule has 3 aromatic rings. The first-order valence-corrected chi connectivity index (χ1v) is 6.29. The molecule has 2 heterocycles. The zero-order chi connectivity index (χ0) is 14.3. The van der Waals surface area contributed by atoms with Crippen LogP contribution >= 0.6 is 0 Å². The Balaban J connectivity index is 2.50. The van der Waals surface area contributed by atoms with Gasteiger partial charge in [0, 0.05) is 6.07 Å². The van der Waals surface area contributed by atoms with Gasteiger partial charge in [0.2, 0.25) is 5.75 Å². The molecule has 0 spiro atoms. The molecule has 104 valence electrons. The second kappa shape index (κ2) is 4.59. The number of methoxy groups -OCH3 is 1. The molecule has 0 N–H and O–H groups in total. The third-order valence-electron chi connectivity index (χ3n) is 2.96. The average Bonchev–Trinajstić information content (AvgIpc) is 2.87. The van der Waals surface area contributed by atoms with E-state index in [0.29, 0.717) is 28.1 Å². The molecular weight excluding hydrogens is 260 g/mol. The molecule has 0 aliphatic heterocycles. The van der Waals surface area contributed by atoms with Crippen LogP contribution in [0.3, 0.4) is 0 Å². The SMILES string of the molecule is COc1c2ccoc2c(OC(C)C)c2oc(=O)ccc12. The van der Waals surface area contributed by atoms with Gasteiger partial charge in [-0.3, -0.25) is 0 Å². The Bertz CT molecular complexity index is 825. The lowest BCUT2D eigenvalue weighted by atomic mass is 10.1. The molecule has 5 nitrogen and oxygen atoms in total. The lowest BCUT2D eigenvalue weighted by Gasteiger charge is -2.14. The second-order valence-corrected chi connectivity index (χ2v) is 4.69. The maximum absolute atomic E-state index is 11.5. The number of hydrogen-bond donors (Lipinski definition) is 0. The molecule has 0 amide bonds. The number of fused-ring (bicyclic) bond motifs is 2. The Hall–Kier alpha value is -2.43. The molecule has 0 radical (unpaired) electrons. The van der Waals surface area contributed by atoms with E-state index in [1.807, 2.05) is 13.8 Å². The smallest absolute Gasteiger partial charge is 0.336 e. The summed E-state index contributed by atoms with van der Waals surface area (Å²) in [4.78, 5) is 11.5. The van der Waals surface area contributed by atoms with Gasteiger partial charge < -0.3 is 18.3 Å². The van der Waals surface area contributed by atoms with Gasteiger partial charge in [0.05, 0.1) is 30.2 Å². The van der Waals surface area contributed by atoms with E-state index in [4.69, 9.17) is 18.3 Å². The predicted octanol–water partition coefficient (Wildman–Crippen LogP) is 3.34. The van der Waals surface area contributed by atoms with Gasteiger partial charge in [-0.05, 0) is 26.0 Å². The van der Waals surface area contributed by atoms with Crippen molar-refractivity contribution >= 4 is 21.9 Å². The van der Waals surface area contributed by atoms with Crippen LogP contribution in [0.1, 0.15) is 13.8 Å². The van der Waals surface area contributed by atoms with E-state index in [1.165, 1.54) is 6.07 Å². The van der Waals surface area contributed by atoms with Crippen molar-refractivity contribution in [1.29, 1.82) is 0 Å². The first-order valence-electron chi connectivity index (χ1n) is 6.29. The average molecular weight is 274 g/mol. The van der Waals surface area contributed by atoms with Crippen LogP contribution in [0.25, 0.3) is 21.9 Å². The van der Waals surface area contributed by atoms with Crippen molar-refractivity contribution < 1.29 is 18.3 Å². The van der Waals surface area contributed by atoms with E-state index in [2.05, 4.69) is 0 Å². The highest BCUT2D eigenvalue weighted by Crippen LogP contribution is 2.42. The van der Waals surface area contributed by atoms with E-state index in [0.717, 1.165) is 5.39 Å². The second-order valence-electron chi connectivity index (χ2n) is 4.69. The molecule has 3 rings (SSSR count). The summed E-state index contributed by atoms with van der Waals surface area (Å²) in [6, 6.07) is 4.82. The normalized spacial score (nSPS) is 11.4. The quantitative estimate of drug-likeness (QED) is 0.685. The zero-order valence-electron chi connectivity index (χ0n) is 11.4. The van der Waals surface area contributed by atoms with Crippen LogP contribution in [-0.4, -0.2) is 13.2 Å². The standard InChI is InChI=1S/C15H14O5/c1-8(2)19-15-13-10(6-7-18-13)12(17-3)9-4-5-11(16)20-14(9)15/h4-8H,1-3H3. The summed E-state index contributed by atoms with van der Waals surface area (Å²) in [6.45, 7) is 3.79. The fourth-order valence-corrected chi connectivity index (χ4v) is 2.24. The summed E-state index contributed by atoms with van der Waals surface area (Å²) >= 11 is 0. The van der Waals surface area contributed by atoms with Crippen LogP contribution in [0.15, 0.2) is 38.1 Å². The molecule has 0 aliphatic carbocycles. The Morgan fingerprint density at radius 2 is 1.80 bits per heavy atom. The molecule has 0 saturated heterocycles. The highest BCUT2D eigenvalue weighted by molar-refractivity contribution is 6.06. The van der Waals surface area contributed by atoms with Crippen LogP contribution < -0.4 is 15.1 Å². The van der Waals surface area contributed by atoms with E-state index in [9.17, 15) is 4.79 Å². The van der Waals surface area contributed by atoms with E-state index in [-0.39, 0.29) is 6.10 Å². The fraction of sp³-hybridized carbons (Fsp3) is 0.267. The van der Waals surface area contributed by atoms with Crippen molar-refractivity contribution in [1.82, 2.24) is 0 Å². The van der Waals surface area contributed by atoms with Gasteiger partial charge in [-0.1, -0.05) is 0 Å².